The summed E-state index contributed by atoms with van der Waals surface area (Å²) >= 11 is 1.65. The number of nitrogen functional groups attached to an aromatic ring is 2. The molecule has 2 saturated heterocycles. The number of thiophene rings is 1. The van der Waals surface area contributed by atoms with Crippen LogP contribution in [-0.2, 0) is 21.4 Å². The van der Waals surface area contributed by atoms with Crippen LogP contribution in [0.1, 0.15) is 79.2 Å². The number of oxime groups is 1. The minimum absolute atomic E-state index is 0.0693. The molecule has 3 aliphatic heterocycles. The highest BCUT2D eigenvalue weighted by atomic mass is 32.1. The number of aromatic nitrogens is 2. The lowest BCUT2D eigenvalue weighted by atomic mass is 9.58. The molecule has 0 bridgehead atoms. The molecule has 4 N–H and O–H groups in total. The Kier molecular flexibility index (Phi) is 6.24. The summed E-state index contributed by atoms with van der Waals surface area (Å²) in [5.41, 5.74) is 16.6. The van der Waals surface area contributed by atoms with Gasteiger partial charge in [-0.1, -0.05) is 11.6 Å². The van der Waals surface area contributed by atoms with Crippen LogP contribution in [0.3, 0.4) is 0 Å². The van der Waals surface area contributed by atoms with E-state index in [0.29, 0.717) is 31.0 Å². The lowest BCUT2D eigenvalue weighted by Gasteiger charge is -2.46. The number of hydrogen-bond donors (Lipinski definition) is 2. The Morgan fingerprint density at radius 2 is 2.05 bits per heavy atom. The molecular weight excluding hydrogens is 500 g/mol. The minimum atomic E-state index is -0.150. The van der Waals surface area contributed by atoms with E-state index in [2.05, 4.69) is 11.9 Å². The molecule has 5 heterocycles. The maximum absolute atomic E-state index is 6.60. The summed E-state index contributed by atoms with van der Waals surface area (Å²) < 4.78 is 12.0. The third kappa shape index (κ3) is 3.98. The van der Waals surface area contributed by atoms with Gasteiger partial charge in [-0.2, -0.15) is 4.98 Å². The largest absolute Gasteiger partial charge is 0.476 e. The summed E-state index contributed by atoms with van der Waals surface area (Å²) in [4.78, 5) is 20.0. The SMILES string of the molecule is CN1CCC[C@H]1COc1cc([C@@H]2CCOC2)nc(C2=NOC3C2CCC[C@@]32CCCc3sc(N)c(N)c32)n1. The first-order valence-electron chi connectivity index (χ1n) is 14.2. The second-order valence-electron chi connectivity index (χ2n) is 11.8. The van der Waals surface area contributed by atoms with Crippen LogP contribution < -0.4 is 16.2 Å². The lowest BCUT2D eigenvalue weighted by Crippen LogP contribution is -2.49. The van der Waals surface area contributed by atoms with Crippen LogP contribution >= 0.6 is 11.3 Å². The van der Waals surface area contributed by atoms with Gasteiger partial charge in [0.05, 0.1) is 18.0 Å². The molecule has 1 saturated carbocycles. The number of likely N-dealkylation sites (N-methyl/N-ethyl adjacent to an activating group) is 1. The summed E-state index contributed by atoms with van der Waals surface area (Å²) in [6.45, 7) is 3.20. The van der Waals surface area contributed by atoms with Crippen LogP contribution in [0.25, 0.3) is 0 Å². The van der Waals surface area contributed by atoms with Crippen molar-refractivity contribution >= 4 is 27.7 Å². The predicted molar refractivity (Wildman–Crippen MR) is 148 cm³/mol. The summed E-state index contributed by atoms with van der Waals surface area (Å²) in [6, 6.07) is 2.43. The number of rotatable bonds is 5. The van der Waals surface area contributed by atoms with Crippen molar-refractivity contribution in [2.75, 3.05) is 44.9 Å². The molecule has 0 radical (unpaired) electrons. The fourth-order valence-corrected chi connectivity index (χ4v) is 8.74. The standard InChI is InChI=1S/C28H38N6O3S/c1-34-11-4-5-17(34)15-36-21-13-19(16-8-12-35-14-16)31-27(32-21)24-18-6-2-9-28(25(18)37-33-24)10-3-7-20-22(28)23(29)26(30)38-20/h13,16-18,25H,2-12,14-15,29-30H2,1H3/t16-,17+,18?,25?,28+/m1/s1. The highest BCUT2D eigenvalue weighted by Gasteiger charge is 2.56. The zero-order valence-electron chi connectivity index (χ0n) is 22.2. The van der Waals surface area contributed by atoms with Crippen molar-refractivity contribution in [3.8, 4) is 5.88 Å². The Balaban J connectivity index is 1.21. The maximum Gasteiger partial charge on any atom is 0.217 e. The maximum atomic E-state index is 6.60. The average Bonchev–Trinajstić information content (AvgIpc) is 3.72. The molecule has 2 aromatic heterocycles. The van der Waals surface area contributed by atoms with Gasteiger partial charge in [0.1, 0.15) is 23.4 Å². The number of aryl methyl sites for hydroxylation is 1. The third-order valence-corrected chi connectivity index (χ3v) is 10.7. The molecule has 2 unspecified atom stereocenters. The molecule has 3 fully saturated rings. The first-order valence-corrected chi connectivity index (χ1v) is 15.1. The van der Waals surface area contributed by atoms with Gasteiger partial charge in [0.25, 0.3) is 0 Å². The Bertz CT molecular complexity index is 1240. The highest BCUT2D eigenvalue weighted by Crippen LogP contribution is 2.57. The van der Waals surface area contributed by atoms with Gasteiger partial charge in [0.15, 0.2) is 5.82 Å². The fourth-order valence-electron chi connectivity index (χ4n) is 7.60. The van der Waals surface area contributed by atoms with Crippen molar-refractivity contribution in [2.45, 2.75) is 81.3 Å². The first-order chi connectivity index (χ1) is 18.5. The summed E-state index contributed by atoms with van der Waals surface area (Å²) in [7, 11) is 2.17. The molecule has 204 valence electrons. The Morgan fingerprint density at radius 3 is 2.87 bits per heavy atom. The van der Waals surface area contributed by atoms with Crippen LogP contribution in [0, 0.1) is 5.92 Å². The molecule has 5 aliphatic rings. The number of likely N-dealkylation sites (tertiary alicyclic amines) is 1. The molecule has 2 aromatic rings. The van der Waals surface area contributed by atoms with Crippen LogP contribution in [-0.4, -0.2) is 66.1 Å². The van der Waals surface area contributed by atoms with Gasteiger partial charge in [0, 0.05) is 46.4 Å². The molecule has 0 amide bonds. The number of hydrogen-bond acceptors (Lipinski definition) is 10. The molecular formula is C28H38N6O3S. The summed E-state index contributed by atoms with van der Waals surface area (Å²) in [5.74, 6) is 1.64. The van der Waals surface area contributed by atoms with E-state index in [1.165, 1.54) is 16.9 Å². The first kappa shape index (κ1) is 24.6. The fraction of sp³-hybridized carbons (Fsp3) is 0.679. The van der Waals surface area contributed by atoms with Crippen LogP contribution in [0.15, 0.2) is 11.2 Å². The number of fused-ring (bicyclic) bond motifs is 4. The molecule has 7 rings (SSSR count). The Morgan fingerprint density at radius 1 is 1.16 bits per heavy atom. The minimum Gasteiger partial charge on any atom is -0.476 e. The summed E-state index contributed by atoms with van der Waals surface area (Å²) in [5, 5.41) is 5.43. The Labute approximate surface area is 227 Å². The number of anilines is 2. The monoisotopic (exact) mass is 538 g/mol. The van der Waals surface area contributed by atoms with Gasteiger partial charge >= 0.3 is 0 Å². The van der Waals surface area contributed by atoms with E-state index < -0.39 is 0 Å². The van der Waals surface area contributed by atoms with Crippen molar-refractivity contribution in [1.82, 2.24) is 14.9 Å². The van der Waals surface area contributed by atoms with Crippen molar-refractivity contribution in [2.24, 2.45) is 11.1 Å². The molecule has 5 atom stereocenters. The zero-order valence-corrected chi connectivity index (χ0v) is 23.0. The second kappa shape index (κ2) is 9.64. The van der Waals surface area contributed by atoms with Gasteiger partial charge in [0.2, 0.25) is 5.88 Å². The molecule has 9 nitrogen and oxygen atoms in total. The van der Waals surface area contributed by atoms with Gasteiger partial charge in [-0.3, -0.25) is 0 Å². The van der Waals surface area contributed by atoms with Gasteiger partial charge in [-0.05, 0) is 65.0 Å². The van der Waals surface area contributed by atoms with E-state index in [0.717, 1.165) is 86.6 Å². The number of ether oxygens (including phenoxy) is 2. The van der Waals surface area contributed by atoms with Crippen LogP contribution in [0.4, 0.5) is 10.7 Å². The molecule has 38 heavy (non-hydrogen) atoms. The van der Waals surface area contributed by atoms with Gasteiger partial charge < -0.3 is 30.7 Å². The lowest BCUT2D eigenvalue weighted by molar-refractivity contribution is -0.0299. The van der Waals surface area contributed by atoms with E-state index >= 15 is 0 Å². The molecule has 10 heteroatoms. The van der Waals surface area contributed by atoms with Crippen LogP contribution in [0.5, 0.6) is 5.88 Å². The van der Waals surface area contributed by atoms with Gasteiger partial charge in [-0.15, -0.1) is 11.3 Å². The van der Waals surface area contributed by atoms with E-state index in [4.69, 9.17) is 40.9 Å². The Hall–Kier alpha value is -2.43. The second-order valence-corrected chi connectivity index (χ2v) is 12.9. The van der Waals surface area contributed by atoms with E-state index in [1.807, 2.05) is 6.07 Å². The molecule has 2 aliphatic carbocycles. The van der Waals surface area contributed by atoms with Crippen LogP contribution in [0.2, 0.25) is 0 Å². The van der Waals surface area contributed by atoms with E-state index in [-0.39, 0.29) is 23.4 Å². The van der Waals surface area contributed by atoms with Gasteiger partial charge in [-0.25, -0.2) is 4.98 Å². The smallest absolute Gasteiger partial charge is 0.217 e. The number of nitrogens with zero attached hydrogens (tertiary/aromatic N) is 4. The van der Waals surface area contributed by atoms with Crippen molar-refractivity contribution in [1.29, 1.82) is 0 Å². The number of nitrogens with two attached hydrogens (primary N) is 2. The quantitative estimate of drug-likeness (QED) is 0.589. The van der Waals surface area contributed by atoms with Crippen molar-refractivity contribution in [3.63, 3.8) is 0 Å². The summed E-state index contributed by atoms with van der Waals surface area (Å²) in [6.07, 6.45) is 9.61. The third-order valence-electron chi connectivity index (χ3n) is 9.63. The topological polar surface area (TPSA) is 121 Å². The molecule has 0 aromatic carbocycles. The zero-order chi connectivity index (χ0) is 25.9. The predicted octanol–water partition coefficient (Wildman–Crippen LogP) is 3.86. The highest BCUT2D eigenvalue weighted by molar-refractivity contribution is 7.16. The van der Waals surface area contributed by atoms with E-state index in [1.54, 1.807) is 11.3 Å². The van der Waals surface area contributed by atoms with Crippen molar-refractivity contribution < 1.29 is 14.3 Å². The van der Waals surface area contributed by atoms with E-state index in [9.17, 15) is 0 Å². The average molecular weight is 539 g/mol. The van der Waals surface area contributed by atoms with Crippen molar-refractivity contribution in [3.05, 3.63) is 28.0 Å². The normalized spacial score (nSPS) is 32.7. The molecule has 1 spiro atoms.